The molecule has 0 radical (unpaired) electrons. The van der Waals surface area contributed by atoms with Gasteiger partial charge in [-0.05, 0) is 25.0 Å². The van der Waals surface area contributed by atoms with Gasteiger partial charge in [0.1, 0.15) is 0 Å². The van der Waals surface area contributed by atoms with Crippen molar-refractivity contribution in [2.24, 2.45) is 0 Å². The summed E-state index contributed by atoms with van der Waals surface area (Å²) in [7, 11) is 0. The highest BCUT2D eigenvalue weighted by molar-refractivity contribution is 5.92. The van der Waals surface area contributed by atoms with Crippen LogP contribution in [0.2, 0.25) is 0 Å². The van der Waals surface area contributed by atoms with Gasteiger partial charge in [-0.2, -0.15) is 5.10 Å². The lowest BCUT2D eigenvalue weighted by molar-refractivity contribution is 0.0383. The van der Waals surface area contributed by atoms with Crippen LogP contribution in [0.3, 0.4) is 0 Å². The number of nitrogens with one attached hydrogen (secondary N) is 1. The van der Waals surface area contributed by atoms with E-state index in [-0.39, 0.29) is 5.91 Å². The third kappa shape index (κ3) is 3.52. The molecule has 1 amide bonds. The average molecular weight is 276 g/mol. The molecule has 0 bridgehead atoms. The molecule has 0 spiro atoms. The normalized spacial score (nSPS) is 19.8. The molecule has 1 saturated heterocycles. The van der Waals surface area contributed by atoms with Crippen LogP contribution in [-0.4, -0.2) is 60.4 Å². The lowest BCUT2D eigenvalue weighted by atomic mass is 10.2. The Hall–Kier alpha value is -1.53. The van der Waals surface area contributed by atoms with E-state index in [0.717, 1.165) is 38.5 Å². The van der Waals surface area contributed by atoms with Crippen LogP contribution in [0.25, 0.3) is 0 Å². The smallest absolute Gasteiger partial charge is 0.271 e. The molecule has 1 aliphatic heterocycles. The van der Waals surface area contributed by atoms with Crippen molar-refractivity contribution in [3.05, 3.63) is 23.5 Å². The van der Waals surface area contributed by atoms with Gasteiger partial charge in [0.15, 0.2) is 5.69 Å². The Balaban J connectivity index is 1.43. The number of hydrogen-bond donors (Lipinski definition) is 1. The lowest BCUT2D eigenvalue weighted by Gasteiger charge is -2.26. The summed E-state index contributed by atoms with van der Waals surface area (Å²) in [5, 5.41) is 11.0. The fraction of sp³-hybridized carbons (Fsp3) is 0.643. The van der Waals surface area contributed by atoms with Gasteiger partial charge in [-0.3, -0.25) is 9.69 Å². The topological polar surface area (TPSA) is 67.4 Å². The first-order valence-corrected chi connectivity index (χ1v) is 7.25. The van der Waals surface area contributed by atoms with E-state index < -0.39 is 0 Å². The molecule has 2 heterocycles. The standard InChI is InChI=1S/C14H20N4O2/c19-14(15-5-6-18-7-9-20-10-8-18)13-4-3-12(16-17-13)11-1-2-11/h3-4,11H,1-2,5-10H2,(H,15,19). The van der Waals surface area contributed by atoms with E-state index in [9.17, 15) is 4.79 Å². The van der Waals surface area contributed by atoms with Gasteiger partial charge in [-0.25, -0.2) is 0 Å². The van der Waals surface area contributed by atoms with Crippen LogP contribution in [0, 0.1) is 0 Å². The Labute approximate surface area is 118 Å². The molecule has 0 aromatic carbocycles. The van der Waals surface area contributed by atoms with Crippen molar-refractivity contribution in [1.82, 2.24) is 20.4 Å². The summed E-state index contributed by atoms with van der Waals surface area (Å²) in [6, 6.07) is 3.69. The highest BCUT2D eigenvalue weighted by Crippen LogP contribution is 2.38. The van der Waals surface area contributed by atoms with Gasteiger partial charge in [0.25, 0.3) is 5.91 Å². The first-order valence-electron chi connectivity index (χ1n) is 7.25. The highest BCUT2D eigenvalue weighted by atomic mass is 16.5. The number of carbonyl (C=O) groups excluding carboxylic acids is 1. The largest absolute Gasteiger partial charge is 0.379 e. The van der Waals surface area contributed by atoms with E-state index in [2.05, 4.69) is 20.4 Å². The minimum Gasteiger partial charge on any atom is -0.379 e. The molecule has 20 heavy (non-hydrogen) atoms. The molecule has 1 N–H and O–H groups in total. The van der Waals surface area contributed by atoms with Crippen molar-refractivity contribution in [1.29, 1.82) is 0 Å². The van der Waals surface area contributed by atoms with Crippen molar-refractivity contribution < 1.29 is 9.53 Å². The molecule has 2 aliphatic rings. The highest BCUT2D eigenvalue weighted by Gasteiger charge is 2.25. The molecule has 1 aromatic rings. The zero-order valence-electron chi connectivity index (χ0n) is 11.5. The molecule has 1 saturated carbocycles. The number of hydrogen-bond acceptors (Lipinski definition) is 5. The predicted octanol–water partition coefficient (Wildman–Crippen LogP) is 0.416. The number of rotatable bonds is 5. The third-order valence-corrected chi connectivity index (χ3v) is 3.73. The predicted molar refractivity (Wildman–Crippen MR) is 73.6 cm³/mol. The number of aromatic nitrogens is 2. The molecule has 3 rings (SSSR count). The summed E-state index contributed by atoms with van der Waals surface area (Å²) in [5.74, 6) is 0.425. The number of amides is 1. The Morgan fingerprint density at radius 2 is 2.10 bits per heavy atom. The summed E-state index contributed by atoms with van der Waals surface area (Å²) < 4.78 is 5.28. The van der Waals surface area contributed by atoms with Crippen molar-refractivity contribution in [2.75, 3.05) is 39.4 Å². The van der Waals surface area contributed by atoms with E-state index in [4.69, 9.17) is 4.74 Å². The summed E-state index contributed by atoms with van der Waals surface area (Å²) >= 11 is 0. The second-order valence-corrected chi connectivity index (χ2v) is 5.33. The van der Waals surface area contributed by atoms with Crippen molar-refractivity contribution in [2.45, 2.75) is 18.8 Å². The van der Waals surface area contributed by atoms with Gasteiger partial charge >= 0.3 is 0 Å². The van der Waals surface area contributed by atoms with Crippen molar-refractivity contribution >= 4 is 5.91 Å². The number of ether oxygens (including phenoxy) is 1. The van der Waals surface area contributed by atoms with Gasteiger partial charge in [0, 0.05) is 32.1 Å². The van der Waals surface area contributed by atoms with E-state index in [1.165, 1.54) is 12.8 Å². The molecule has 6 heteroatoms. The van der Waals surface area contributed by atoms with E-state index >= 15 is 0 Å². The van der Waals surface area contributed by atoms with Gasteiger partial charge < -0.3 is 10.1 Å². The van der Waals surface area contributed by atoms with E-state index in [0.29, 0.717) is 18.2 Å². The maximum Gasteiger partial charge on any atom is 0.271 e. The second kappa shape index (κ2) is 6.28. The molecule has 1 aliphatic carbocycles. The first kappa shape index (κ1) is 13.5. The Morgan fingerprint density at radius 3 is 2.75 bits per heavy atom. The van der Waals surface area contributed by atoms with Gasteiger partial charge in [-0.15, -0.1) is 5.10 Å². The Bertz CT molecular complexity index is 453. The fourth-order valence-electron chi connectivity index (χ4n) is 2.30. The minimum atomic E-state index is -0.145. The van der Waals surface area contributed by atoms with Crippen molar-refractivity contribution in [3.63, 3.8) is 0 Å². The van der Waals surface area contributed by atoms with Crippen LogP contribution in [0.5, 0.6) is 0 Å². The monoisotopic (exact) mass is 276 g/mol. The molecular weight excluding hydrogens is 256 g/mol. The van der Waals surface area contributed by atoms with Crippen LogP contribution in [0.15, 0.2) is 12.1 Å². The van der Waals surface area contributed by atoms with Gasteiger partial charge in [-0.1, -0.05) is 0 Å². The molecule has 108 valence electrons. The maximum atomic E-state index is 11.9. The summed E-state index contributed by atoms with van der Waals surface area (Å²) in [6.07, 6.45) is 2.39. The Morgan fingerprint density at radius 1 is 1.30 bits per heavy atom. The summed E-state index contributed by atoms with van der Waals surface area (Å²) in [4.78, 5) is 14.2. The van der Waals surface area contributed by atoms with Crippen LogP contribution < -0.4 is 5.32 Å². The molecule has 2 fully saturated rings. The molecule has 0 atom stereocenters. The first-order chi connectivity index (χ1) is 9.83. The van der Waals surface area contributed by atoms with E-state index in [1.807, 2.05) is 6.07 Å². The van der Waals surface area contributed by atoms with Gasteiger partial charge in [0.05, 0.1) is 18.9 Å². The lowest BCUT2D eigenvalue weighted by Crippen LogP contribution is -2.41. The zero-order valence-corrected chi connectivity index (χ0v) is 11.5. The van der Waals surface area contributed by atoms with Gasteiger partial charge in [0.2, 0.25) is 0 Å². The minimum absolute atomic E-state index is 0.145. The number of nitrogens with zero attached hydrogens (tertiary/aromatic N) is 3. The molecular formula is C14H20N4O2. The summed E-state index contributed by atoms with van der Waals surface area (Å²) in [6.45, 7) is 4.91. The van der Waals surface area contributed by atoms with Crippen LogP contribution >= 0.6 is 0 Å². The Kier molecular flexibility index (Phi) is 4.22. The molecule has 6 nitrogen and oxygen atoms in total. The summed E-state index contributed by atoms with van der Waals surface area (Å²) in [5.41, 5.74) is 1.41. The quantitative estimate of drug-likeness (QED) is 0.844. The third-order valence-electron chi connectivity index (χ3n) is 3.73. The van der Waals surface area contributed by atoms with E-state index in [1.54, 1.807) is 6.07 Å². The SMILES string of the molecule is O=C(NCCN1CCOCC1)c1ccc(C2CC2)nn1. The van der Waals surface area contributed by atoms with Crippen LogP contribution in [0.4, 0.5) is 0 Å². The fourth-order valence-corrected chi connectivity index (χ4v) is 2.30. The second-order valence-electron chi connectivity index (χ2n) is 5.33. The number of morpholine rings is 1. The molecule has 1 aromatic heterocycles. The number of carbonyl (C=O) groups is 1. The zero-order chi connectivity index (χ0) is 13.8. The molecule has 0 unspecified atom stereocenters. The van der Waals surface area contributed by atoms with Crippen LogP contribution in [-0.2, 0) is 4.74 Å². The van der Waals surface area contributed by atoms with Crippen molar-refractivity contribution in [3.8, 4) is 0 Å². The maximum absolute atomic E-state index is 11.9. The van der Waals surface area contributed by atoms with Crippen LogP contribution in [0.1, 0.15) is 34.9 Å². The average Bonchev–Trinajstić information content (AvgIpc) is 3.33.